The molecule has 5 rings (SSSR count). The molecule has 0 bridgehead atoms. The van der Waals surface area contributed by atoms with Gasteiger partial charge in [0, 0.05) is 157 Å². The zero-order chi connectivity index (χ0) is 109. The lowest BCUT2D eigenvalue weighted by Gasteiger charge is -2.42. The van der Waals surface area contributed by atoms with E-state index in [1.54, 1.807) is 101 Å². The molecule has 2 aromatic rings. The molecule has 5 heterocycles. The Morgan fingerprint density at radius 2 is 0.546 bits per heavy atom. The Morgan fingerprint density at radius 3 is 0.823 bits per heavy atom. The van der Waals surface area contributed by atoms with E-state index in [9.17, 15) is 26.3 Å². The quantitative estimate of drug-likeness (QED) is 0.0413. The Morgan fingerprint density at radius 1 is 0.284 bits per heavy atom. The minimum absolute atomic E-state index is 0.0357. The van der Waals surface area contributed by atoms with Crippen molar-refractivity contribution in [2.75, 3.05) is 268 Å². The van der Waals surface area contributed by atoms with Crippen LogP contribution in [-0.4, -0.2) is 388 Å². The van der Waals surface area contributed by atoms with Crippen molar-refractivity contribution in [1.29, 1.82) is 0 Å². The maximum Gasteiger partial charge on any atom is 0.304 e. The lowest BCUT2D eigenvalue weighted by molar-refractivity contribution is -0.172. The topological polar surface area (TPSA) is 229 Å². The molecular formula is C108H213F6N11O16. The first kappa shape index (κ1) is 139. The van der Waals surface area contributed by atoms with Crippen molar-refractivity contribution in [3.8, 4) is 11.5 Å². The number of nitrogens with one attached hydrogen (secondary N) is 3. The van der Waals surface area contributed by atoms with E-state index in [4.69, 9.17) is 75.8 Å². The molecule has 2 aromatic heterocycles. The predicted octanol–water partition coefficient (Wildman–Crippen LogP) is 19.4. The number of piperazine rings is 3. The number of halogens is 6. The summed E-state index contributed by atoms with van der Waals surface area (Å²) in [6, 6.07) is 6.97. The molecule has 0 amide bonds. The van der Waals surface area contributed by atoms with Crippen molar-refractivity contribution in [1.82, 2.24) is 50.4 Å². The SMILES string of the molecule is CC(C)(C)NCCOCCOC(C)(C)C.CC(C)(C)NCCOCCOCCN1CCN(C(C)(C)C)CC1.CC(C)(C)NCCOCCOCCN1CCN(CCOC(C)(C)C)CC1.CC(C)(C)OCC(F)(F)COC(C)(C)C.CC(C)(C)OCC(F)(F)COc1ccc(C(C)(C)C)nc1.CC(C)(C)OCC(F)(F)COc1ccc(N2CCN(C(C)(C)C)CC2)nc1.CC(C)OCCOCCOC(C)(C)C. The number of alkyl halides is 6. The minimum Gasteiger partial charge on any atom is -0.486 e. The highest BCUT2D eigenvalue weighted by Crippen LogP contribution is 2.28. The van der Waals surface area contributed by atoms with Gasteiger partial charge in [0.25, 0.3) is 5.92 Å². The van der Waals surface area contributed by atoms with Gasteiger partial charge < -0.3 is 96.6 Å². The van der Waals surface area contributed by atoms with E-state index in [1.807, 2.05) is 82.2 Å². The molecule has 3 fully saturated rings. The first-order valence-electron chi connectivity index (χ1n) is 51.7. The van der Waals surface area contributed by atoms with Gasteiger partial charge in [0.15, 0.2) is 13.2 Å². The average molecular weight is 2040 g/mol. The third-order valence-electron chi connectivity index (χ3n) is 20.0. The zero-order valence-corrected chi connectivity index (χ0v) is 97.2. The minimum atomic E-state index is -3.05. The van der Waals surface area contributed by atoms with E-state index in [1.165, 1.54) is 12.4 Å². The van der Waals surface area contributed by atoms with Crippen molar-refractivity contribution in [2.24, 2.45) is 0 Å². The van der Waals surface area contributed by atoms with Crippen LogP contribution in [0.1, 0.15) is 290 Å². The molecule has 0 radical (unpaired) electrons. The summed E-state index contributed by atoms with van der Waals surface area (Å²) in [6.45, 7) is 108. The van der Waals surface area contributed by atoms with Crippen LogP contribution in [0.25, 0.3) is 0 Å². The Labute approximate surface area is 856 Å². The van der Waals surface area contributed by atoms with E-state index >= 15 is 0 Å². The van der Waals surface area contributed by atoms with E-state index < -0.39 is 79.8 Å². The second kappa shape index (κ2) is 67.6. The van der Waals surface area contributed by atoms with Crippen molar-refractivity contribution in [2.45, 2.75) is 380 Å². The molecule has 0 spiro atoms. The summed E-state index contributed by atoms with van der Waals surface area (Å²) in [5.74, 6) is -7.49. The van der Waals surface area contributed by atoms with Crippen LogP contribution in [0.15, 0.2) is 36.7 Å². The molecule has 0 aromatic carbocycles. The average Bonchev–Trinajstić information content (AvgIpc) is 0.921. The molecule has 0 aliphatic carbocycles. The summed E-state index contributed by atoms with van der Waals surface area (Å²) in [5, 5.41) is 10.2. The number of ether oxygens (including phenoxy) is 16. The Balaban J connectivity index is 0. The van der Waals surface area contributed by atoms with Crippen LogP contribution in [0.3, 0.4) is 0 Å². The van der Waals surface area contributed by atoms with Gasteiger partial charge in [-0.3, -0.25) is 29.5 Å². The number of anilines is 1. The number of hydrogen-bond acceptors (Lipinski definition) is 27. The van der Waals surface area contributed by atoms with Crippen molar-refractivity contribution in [3.05, 3.63) is 42.4 Å². The monoisotopic (exact) mass is 2030 g/mol. The van der Waals surface area contributed by atoms with Crippen LogP contribution in [0, 0.1) is 0 Å². The fraction of sp³-hybridized carbons (Fsp3) is 0.907. The van der Waals surface area contributed by atoms with Gasteiger partial charge in [-0.1, -0.05) is 20.8 Å². The van der Waals surface area contributed by atoms with E-state index in [0.29, 0.717) is 83.1 Å². The standard InChI is InChI=1S/C20H33F2N3O2.C20H43N3O3.C18H39N3O2.C16H25F2NO2.C12H27NO2.C11H22F2O2.C11H24O3/c1-18(2,3)25-11-9-24(10-12-25)17-8-7-16(13-23-17)26-14-20(21,22)15-27-19(4,5)6;1-19(2,3)21-7-14-24-17-18-25-15-12-22-8-10-23(11-9-22)13-16-26-20(4,5)6;1-17(2,3)19-7-13-22-15-16-23-14-12-20-8-10-21(11-9-20)18(4,5)6;1-14(2,3)13-8-7-12(9-19-13)20-10-16(17,18)11-21-15(4,5)6;1-11(2,3)13-7-8-14-9-10-15-12(4,5)6;1-9(2,3)14-7-11(12,13)8-15-10(4,5)6;1-10(2)13-8-6-12-7-9-14-11(3,4)5/h7-8,13H,9-12,14-15H2,1-6H3;21H,7-18H2,1-6H3;19H,7-16H2,1-6H3;7-9H,10-11H2,1-6H3;13H,7-10H2,1-6H3;7-8H2,1-6H3;10H,6-9H2,1-5H3. The van der Waals surface area contributed by atoms with Crippen molar-refractivity contribution >= 4 is 5.82 Å². The van der Waals surface area contributed by atoms with E-state index in [-0.39, 0.29) is 50.5 Å². The molecule has 3 aliphatic rings. The van der Waals surface area contributed by atoms with Crippen LogP contribution in [0.2, 0.25) is 0 Å². The van der Waals surface area contributed by atoms with Crippen molar-refractivity contribution < 1.29 is 102 Å². The molecule has 0 saturated carbocycles. The second-order valence-corrected chi connectivity index (χ2v) is 49.6. The fourth-order valence-corrected chi connectivity index (χ4v) is 12.2. The number of pyridine rings is 2. The van der Waals surface area contributed by atoms with Gasteiger partial charge in [0.2, 0.25) is 0 Å². The van der Waals surface area contributed by atoms with Crippen LogP contribution >= 0.6 is 0 Å². The molecule has 838 valence electrons. The van der Waals surface area contributed by atoms with Gasteiger partial charge >= 0.3 is 11.8 Å². The maximum atomic E-state index is 13.9. The van der Waals surface area contributed by atoms with E-state index in [0.717, 1.165) is 169 Å². The summed E-state index contributed by atoms with van der Waals surface area (Å²) in [5.41, 5.74) is -0.719. The summed E-state index contributed by atoms with van der Waals surface area (Å²) in [6.07, 6.45) is 3.26. The summed E-state index contributed by atoms with van der Waals surface area (Å²) >= 11 is 0. The second-order valence-electron chi connectivity index (χ2n) is 49.6. The summed E-state index contributed by atoms with van der Waals surface area (Å²) in [7, 11) is 0. The third-order valence-corrected chi connectivity index (χ3v) is 20.0. The fourth-order valence-electron chi connectivity index (χ4n) is 12.2. The van der Waals surface area contributed by atoms with Crippen LogP contribution in [0.4, 0.5) is 32.2 Å². The third kappa shape index (κ3) is 91.2. The highest BCUT2D eigenvalue weighted by atomic mass is 19.3. The van der Waals surface area contributed by atoms with Gasteiger partial charge in [0.05, 0.1) is 163 Å². The number of rotatable bonds is 49. The summed E-state index contributed by atoms with van der Waals surface area (Å²) < 4.78 is 168. The van der Waals surface area contributed by atoms with Crippen LogP contribution in [-0.2, 0) is 71.7 Å². The van der Waals surface area contributed by atoms with Gasteiger partial charge in [0.1, 0.15) is 43.7 Å². The van der Waals surface area contributed by atoms with Crippen LogP contribution in [0.5, 0.6) is 11.5 Å². The lowest BCUT2D eigenvalue weighted by Crippen LogP contribution is -2.53. The molecule has 3 aliphatic heterocycles. The molecule has 33 heteroatoms. The highest BCUT2D eigenvalue weighted by Gasteiger charge is 2.37. The predicted molar refractivity (Wildman–Crippen MR) is 566 cm³/mol. The molecular weight excluding hydrogens is 1820 g/mol. The summed E-state index contributed by atoms with van der Waals surface area (Å²) in [4.78, 5) is 23.3. The Kier molecular flexibility index (Phi) is 66.8. The van der Waals surface area contributed by atoms with Gasteiger partial charge in [-0.25, -0.2) is 31.3 Å². The first-order valence-corrected chi connectivity index (χ1v) is 51.7. The van der Waals surface area contributed by atoms with Gasteiger partial charge in [-0.15, -0.1) is 0 Å². The smallest absolute Gasteiger partial charge is 0.304 e. The van der Waals surface area contributed by atoms with Gasteiger partial charge in [-0.05, 0) is 287 Å². The lowest BCUT2D eigenvalue weighted by atomic mass is 9.92. The maximum absolute atomic E-state index is 13.9. The normalized spacial score (nSPS) is 15.8. The molecule has 141 heavy (non-hydrogen) atoms. The molecule has 3 N–H and O–H groups in total. The Bertz CT molecular complexity index is 3310. The molecule has 27 nitrogen and oxygen atoms in total. The van der Waals surface area contributed by atoms with E-state index in [2.05, 4.69) is 180 Å². The largest absolute Gasteiger partial charge is 0.486 e. The first-order chi connectivity index (χ1) is 64.1. The molecule has 0 atom stereocenters. The van der Waals surface area contributed by atoms with Crippen LogP contribution < -0.4 is 30.3 Å². The Hall–Kier alpha value is -3.60. The van der Waals surface area contributed by atoms with Crippen molar-refractivity contribution in [3.63, 3.8) is 0 Å². The zero-order valence-electron chi connectivity index (χ0n) is 97.2. The number of hydrogen-bond donors (Lipinski definition) is 3. The van der Waals surface area contributed by atoms with Gasteiger partial charge in [-0.2, -0.15) is 0 Å². The number of aromatic nitrogens is 2. The molecule has 3 saturated heterocycles. The molecule has 0 unspecified atom stereocenters. The highest BCUT2D eigenvalue weighted by molar-refractivity contribution is 5.41. The number of nitrogens with zero attached hydrogens (tertiary/aromatic N) is 8.